The lowest BCUT2D eigenvalue weighted by atomic mass is 10.1. The summed E-state index contributed by atoms with van der Waals surface area (Å²) in [5.74, 6) is -0.0379. The predicted octanol–water partition coefficient (Wildman–Crippen LogP) is 3.55. The van der Waals surface area contributed by atoms with Crippen molar-refractivity contribution in [2.24, 2.45) is 13.0 Å². The summed E-state index contributed by atoms with van der Waals surface area (Å²) in [6, 6.07) is 3.01. The van der Waals surface area contributed by atoms with Crippen LogP contribution in [0.5, 0.6) is 0 Å². The number of amides is 1. The number of carbonyl (C=O) groups is 1. The number of anilines is 1. The van der Waals surface area contributed by atoms with Crippen LogP contribution in [0.1, 0.15) is 51.0 Å². The number of likely N-dealkylation sites (tertiary alicyclic amines) is 1. The van der Waals surface area contributed by atoms with Crippen molar-refractivity contribution in [2.45, 2.75) is 68.6 Å². The number of hydrogen-bond acceptors (Lipinski definition) is 8. The van der Waals surface area contributed by atoms with Crippen LogP contribution in [0, 0.1) is 12.5 Å². The average molecular weight is 591 g/mol. The lowest BCUT2D eigenvalue weighted by Gasteiger charge is -2.43. The van der Waals surface area contributed by atoms with Crippen LogP contribution in [0.25, 0.3) is 26.4 Å². The number of alkyl halides is 2. The molecule has 1 saturated carbocycles. The zero-order valence-electron chi connectivity index (χ0n) is 22.1. The zero-order valence-corrected chi connectivity index (χ0v) is 23.8. The van der Waals surface area contributed by atoms with E-state index < -0.39 is 27.1 Å². The molecule has 15 heteroatoms. The topological polar surface area (TPSA) is 118 Å². The lowest BCUT2D eigenvalue weighted by molar-refractivity contribution is -0.135. The van der Waals surface area contributed by atoms with E-state index in [-0.39, 0.29) is 39.5 Å². The number of piperazine rings is 1. The number of carbonyl (C=O) groups excluding carboxylic acids is 1. The molecule has 0 radical (unpaired) electrons. The van der Waals surface area contributed by atoms with Gasteiger partial charge in [0.05, 0.1) is 28.9 Å². The van der Waals surface area contributed by atoms with Crippen molar-refractivity contribution in [1.82, 2.24) is 29.6 Å². The molecule has 3 aromatic rings. The van der Waals surface area contributed by atoms with Crippen LogP contribution in [0.3, 0.4) is 0 Å². The second-order valence-electron chi connectivity index (χ2n) is 11.0. The quantitative estimate of drug-likeness (QED) is 0.418. The fourth-order valence-electron chi connectivity index (χ4n) is 5.80. The van der Waals surface area contributed by atoms with Crippen molar-refractivity contribution >= 4 is 43.9 Å². The third kappa shape index (κ3) is 4.42. The predicted molar refractivity (Wildman–Crippen MR) is 144 cm³/mol. The Morgan fingerprint density at radius 3 is 2.42 bits per heavy atom. The summed E-state index contributed by atoms with van der Waals surface area (Å²) in [5, 5.41) is 12.2. The van der Waals surface area contributed by atoms with Gasteiger partial charge in [-0.3, -0.25) is 14.3 Å². The molecule has 2 unspecified atom stereocenters. The molecule has 2 saturated heterocycles. The van der Waals surface area contributed by atoms with E-state index in [2.05, 4.69) is 29.8 Å². The number of halogens is 2. The highest BCUT2D eigenvalue weighted by molar-refractivity contribution is 7.89. The molecule has 3 fully saturated rings. The molecule has 1 aliphatic carbocycles. The van der Waals surface area contributed by atoms with Crippen LogP contribution >= 0.6 is 11.3 Å². The minimum Gasteiger partial charge on any atom is -0.360 e. The standard InChI is InChI=1S/C25H28F2N8O3S2/c1-13(2)24(36)34-11-14-5-6-15(12-34)35(14)18-10-16(40(37,38)32-25(28-3)7-8-25)9-17-19(31-33(4)20(17)18)22-29-30-23(39-22)21(26)27/h9-10,13-15,21,32H,5-8,11-12H2,1-2,4H3. The van der Waals surface area contributed by atoms with Crippen molar-refractivity contribution in [3.05, 3.63) is 28.6 Å². The van der Waals surface area contributed by atoms with Crippen LogP contribution in [-0.2, 0) is 21.9 Å². The second kappa shape index (κ2) is 9.42. The van der Waals surface area contributed by atoms with Gasteiger partial charge in [-0.15, -0.1) is 14.9 Å². The van der Waals surface area contributed by atoms with Crippen LogP contribution in [0.4, 0.5) is 14.5 Å². The molecule has 2 bridgehead atoms. The maximum Gasteiger partial charge on any atom is 0.299 e. The van der Waals surface area contributed by atoms with Gasteiger partial charge in [-0.2, -0.15) is 5.10 Å². The smallest absolute Gasteiger partial charge is 0.299 e. The number of fused-ring (bicyclic) bond motifs is 3. The summed E-state index contributed by atoms with van der Waals surface area (Å²) in [6.45, 7) is 12.2. The first-order valence-electron chi connectivity index (χ1n) is 13.1. The molecule has 2 aromatic heterocycles. The minimum absolute atomic E-state index is 0.0288. The van der Waals surface area contributed by atoms with E-state index in [1.54, 1.807) is 17.8 Å². The van der Waals surface area contributed by atoms with Crippen molar-refractivity contribution in [3.63, 3.8) is 0 Å². The van der Waals surface area contributed by atoms with E-state index in [1.807, 2.05) is 18.7 Å². The molecule has 0 spiro atoms. The largest absolute Gasteiger partial charge is 0.360 e. The van der Waals surface area contributed by atoms with Gasteiger partial charge in [0.2, 0.25) is 15.9 Å². The second-order valence-corrected chi connectivity index (χ2v) is 13.7. The summed E-state index contributed by atoms with van der Waals surface area (Å²) < 4.78 is 58.0. The van der Waals surface area contributed by atoms with Gasteiger partial charge in [-0.1, -0.05) is 25.2 Å². The number of aryl methyl sites for hydroxylation is 1. The first-order valence-corrected chi connectivity index (χ1v) is 15.4. The number of sulfonamides is 1. The van der Waals surface area contributed by atoms with Gasteiger partial charge in [0.1, 0.15) is 5.69 Å². The van der Waals surface area contributed by atoms with E-state index in [0.717, 1.165) is 12.8 Å². The minimum atomic E-state index is -4.11. The lowest BCUT2D eigenvalue weighted by Crippen LogP contribution is -2.56. The maximum absolute atomic E-state index is 13.6. The van der Waals surface area contributed by atoms with Gasteiger partial charge < -0.3 is 9.80 Å². The summed E-state index contributed by atoms with van der Waals surface area (Å²) in [5.41, 5.74) is 0.385. The maximum atomic E-state index is 13.6. The molecule has 2 atom stereocenters. The first kappa shape index (κ1) is 27.0. The Morgan fingerprint density at radius 2 is 1.88 bits per heavy atom. The highest BCUT2D eigenvalue weighted by atomic mass is 32.2. The summed E-state index contributed by atoms with van der Waals surface area (Å²) in [4.78, 5) is 20.3. The Labute approximate surface area is 234 Å². The van der Waals surface area contributed by atoms with E-state index in [1.165, 1.54) is 6.07 Å². The van der Waals surface area contributed by atoms with E-state index in [0.29, 0.717) is 53.9 Å². The van der Waals surface area contributed by atoms with Crippen molar-refractivity contribution in [2.75, 3.05) is 18.0 Å². The molecule has 40 heavy (non-hydrogen) atoms. The number of aromatic nitrogens is 4. The monoisotopic (exact) mass is 590 g/mol. The summed E-state index contributed by atoms with van der Waals surface area (Å²) in [6.07, 6.45) is -0.257. The Kier molecular flexibility index (Phi) is 6.35. The van der Waals surface area contributed by atoms with E-state index >= 15 is 0 Å². The van der Waals surface area contributed by atoms with Crippen molar-refractivity contribution in [3.8, 4) is 10.7 Å². The number of benzene rings is 1. The average Bonchev–Trinajstić information content (AvgIpc) is 3.22. The first-order chi connectivity index (χ1) is 18.9. The van der Waals surface area contributed by atoms with E-state index in [4.69, 9.17) is 6.57 Å². The van der Waals surface area contributed by atoms with Gasteiger partial charge in [0, 0.05) is 43.5 Å². The normalized spacial score (nSPS) is 21.9. The number of nitrogens with one attached hydrogen (secondary N) is 1. The van der Waals surface area contributed by atoms with Gasteiger partial charge in [0.15, 0.2) is 10.0 Å². The summed E-state index contributed by atoms with van der Waals surface area (Å²) in [7, 11) is -2.40. The third-order valence-electron chi connectivity index (χ3n) is 7.86. The van der Waals surface area contributed by atoms with Crippen molar-refractivity contribution in [1.29, 1.82) is 0 Å². The fourth-order valence-corrected chi connectivity index (χ4v) is 7.91. The summed E-state index contributed by atoms with van der Waals surface area (Å²) >= 11 is 0.710. The molecular formula is C25H28F2N8O3S2. The Bertz CT molecular complexity index is 1640. The number of nitrogens with zero attached hydrogens (tertiary/aromatic N) is 7. The molecule has 212 valence electrons. The molecule has 11 nitrogen and oxygen atoms in total. The van der Waals surface area contributed by atoms with Gasteiger partial charge >= 0.3 is 0 Å². The van der Waals surface area contributed by atoms with Crippen molar-refractivity contribution < 1.29 is 22.0 Å². The molecule has 2 aliphatic heterocycles. The van der Waals surface area contributed by atoms with Gasteiger partial charge in [0.25, 0.3) is 12.1 Å². The van der Waals surface area contributed by atoms with Crippen LogP contribution < -0.4 is 9.62 Å². The number of hydrogen-bond donors (Lipinski definition) is 1. The molecule has 1 N–H and O–H groups in total. The molecule has 1 aromatic carbocycles. The SMILES string of the molecule is [C-]#[N+]C1(NS(=O)(=O)c2cc(N3C4CCC3CN(C(=O)C(C)C)C4)c3c(c2)c(-c2nnc(C(F)F)s2)nn3C)CC1. The molecule has 6 rings (SSSR count). The molecule has 4 heterocycles. The van der Waals surface area contributed by atoms with E-state index in [9.17, 15) is 22.0 Å². The highest BCUT2D eigenvalue weighted by Gasteiger charge is 2.54. The number of rotatable bonds is 7. The molecule has 1 amide bonds. The third-order valence-corrected chi connectivity index (χ3v) is 10.3. The van der Waals surface area contributed by atoms with Crippen LogP contribution in [-0.4, -0.2) is 70.0 Å². The van der Waals surface area contributed by atoms with Crippen LogP contribution in [0.2, 0.25) is 0 Å². The molecule has 3 aliphatic rings. The zero-order chi connectivity index (χ0) is 28.6. The van der Waals surface area contributed by atoms with Crippen LogP contribution in [0.15, 0.2) is 17.0 Å². The fraction of sp³-hybridized carbons (Fsp3) is 0.560. The Hall–Kier alpha value is -3.22. The highest BCUT2D eigenvalue weighted by Crippen LogP contribution is 2.44. The Morgan fingerprint density at radius 1 is 1.20 bits per heavy atom. The van der Waals surface area contributed by atoms with Gasteiger partial charge in [-0.05, 0) is 25.0 Å². The Balaban J connectivity index is 1.51. The molecular weight excluding hydrogens is 562 g/mol. The van der Waals surface area contributed by atoms with Gasteiger partial charge in [-0.25, -0.2) is 23.8 Å².